The van der Waals surface area contributed by atoms with Gasteiger partial charge in [-0.1, -0.05) is 56.7 Å². The van der Waals surface area contributed by atoms with Crippen molar-refractivity contribution in [3.05, 3.63) is 59.7 Å². The van der Waals surface area contributed by atoms with Gasteiger partial charge < -0.3 is 5.32 Å². The standard InChI is InChI=1S/C22H26N2O2S/c1-15-9-11-16(12-10-15)24-20(26)14-27-21(24)17-7-5-6-8-18(17)23-19(25)13-22(2,3)4/h5-12,21H,13-14H2,1-4H3,(H,23,25)/t21-/m1/s1. The van der Waals surface area contributed by atoms with Crippen LogP contribution >= 0.6 is 11.8 Å². The summed E-state index contributed by atoms with van der Waals surface area (Å²) in [6, 6.07) is 15.7. The Morgan fingerprint density at radius 3 is 2.48 bits per heavy atom. The van der Waals surface area contributed by atoms with Gasteiger partial charge in [0.25, 0.3) is 0 Å². The van der Waals surface area contributed by atoms with Gasteiger partial charge >= 0.3 is 0 Å². The van der Waals surface area contributed by atoms with Crippen molar-refractivity contribution in [3.8, 4) is 0 Å². The van der Waals surface area contributed by atoms with Gasteiger partial charge in [0.2, 0.25) is 11.8 Å². The molecular formula is C22H26N2O2S. The number of carbonyl (C=O) groups is 2. The van der Waals surface area contributed by atoms with Gasteiger partial charge in [-0.25, -0.2) is 0 Å². The van der Waals surface area contributed by atoms with Gasteiger partial charge in [-0.15, -0.1) is 11.8 Å². The number of nitrogens with one attached hydrogen (secondary N) is 1. The molecule has 1 aliphatic heterocycles. The van der Waals surface area contributed by atoms with Crippen molar-refractivity contribution in [2.24, 2.45) is 5.41 Å². The van der Waals surface area contributed by atoms with Crippen LogP contribution in [0.2, 0.25) is 0 Å². The summed E-state index contributed by atoms with van der Waals surface area (Å²) in [6.45, 7) is 8.16. The van der Waals surface area contributed by atoms with Crippen molar-refractivity contribution in [2.75, 3.05) is 16.0 Å². The number of hydrogen-bond donors (Lipinski definition) is 1. The third kappa shape index (κ3) is 4.72. The minimum Gasteiger partial charge on any atom is -0.326 e. The molecule has 27 heavy (non-hydrogen) atoms. The first kappa shape index (κ1) is 19.5. The van der Waals surface area contributed by atoms with Crippen LogP contribution in [0.5, 0.6) is 0 Å². The van der Waals surface area contributed by atoms with Crippen LogP contribution in [0.25, 0.3) is 0 Å². The average Bonchev–Trinajstić information content (AvgIpc) is 2.96. The van der Waals surface area contributed by atoms with Gasteiger partial charge in [0.15, 0.2) is 0 Å². The highest BCUT2D eigenvalue weighted by Crippen LogP contribution is 2.44. The Bertz CT molecular complexity index is 840. The number of para-hydroxylation sites is 1. The van der Waals surface area contributed by atoms with Crippen LogP contribution in [0.1, 0.15) is 43.7 Å². The first-order valence-corrected chi connectivity index (χ1v) is 10.2. The summed E-state index contributed by atoms with van der Waals surface area (Å²) >= 11 is 1.59. The van der Waals surface area contributed by atoms with Crippen LogP contribution in [0.3, 0.4) is 0 Å². The highest BCUT2D eigenvalue weighted by Gasteiger charge is 2.35. The fourth-order valence-electron chi connectivity index (χ4n) is 3.14. The van der Waals surface area contributed by atoms with E-state index in [9.17, 15) is 9.59 Å². The van der Waals surface area contributed by atoms with E-state index in [1.54, 1.807) is 11.8 Å². The molecule has 0 bridgehead atoms. The molecule has 1 saturated heterocycles. The fourth-order valence-corrected chi connectivity index (χ4v) is 4.35. The lowest BCUT2D eigenvalue weighted by atomic mass is 9.92. The summed E-state index contributed by atoms with van der Waals surface area (Å²) < 4.78 is 0. The molecule has 0 aliphatic carbocycles. The van der Waals surface area contributed by atoms with Crippen LogP contribution in [0, 0.1) is 12.3 Å². The Hall–Kier alpha value is -2.27. The summed E-state index contributed by atoms with van der Waals surface area (Å²) in [5.41, 5.74) is 3.69. The average molecular weight is 383 g/mol. The molecule has 0 radical (unpaired) electrons. The van der Waals surface area contributed by atoms with Crippen molar-refractivity contribution in [1.29, 1.82) is 0 Å². The lowest BCUT2D eigenvalue weighted by Gasteiger charge is -2.26. The van der Waals surface area contributed by atoms with Crippen LogP contribution in [-0.4, -0.2) is 17.6 Å². The lowest BCUT2D eigenvalue weighted by Crippen LogP contribution is -2.28. The Morgan fingerprint density at radius 2 is 1.81 bits per heavy atom. The van der Waals surface area contributed by atoms with E-state index in [0.717, 1.165) is 22.5 Å². The fraction of sp³-hybridized carbons (Fsp3) is 0.364. The largest absolute Gasteiger partial charge is 0.326 e. The van der Waals surface area contributed by atoms with Gasteiger partial charge in [-0.3, -0.25) is 14.5 Å². The summed E-state index contributed by atoms with van der Waals surface area (Å²) in [6.07, 6.45) is 0.444. The van der Waals surface area contributed by atoms with Crippen LogP contribution < -0.4 is 10.2 Å². The van der Waals surface area contributed by atoms with Crippen LogP contribution in [0.4, 0.5) is 11.4 Å². The molecule has 2 amide bonds. The Balaban J connectivity index is 1.90. The van der Waals surface area contributed by atoms with Crippen molar-refractivity contribution >= 4 is 35.0 Å². The molecule has 0 unspecified atom stereocenters. The van der Waals surface area contributed by atoms with Crippen LogP contribution in [0.15, 0.2) is 48.5 Å². The van der Waals surface area contributed by atoms with E-state index in [1.165, 1.54) is 0 Å². The van der Waals surface area contributed by atoms with Crippen molar-refractivity contribution < 1.29 is 9.59 Å². The van der Waals surface area contributed by atoms with E-state index in [4.69, 9.17) is 0 Å². The number of nitrogens with zero attached hydrogens (tertiary/aromatic N) is 1. The van der Waals surface area contributed by atoms with E-state index in [-0.39, 0.29) is 22.6 Å². The molecular weight excluding hydrogens is 356 g/mol. The smallest absolute Gasteiger partial charge is 0.238 e. The molecule has 1 aliphatic rings. The molecule has 4 nitrogen and oxygen atoms in total. The molecule has 0 saturated carbocycles. The summed E-state index contributed by atoms with van der Waals surface area (Å²) in [5.74, 6) is 0.513. The van der Waals surface area contributed by atoms with E-state index >= 15 is 0 Å². The van der Waals surface area contributed by atoms with Crippen molar-refractivity contribution in [1.82, 2.24) is 0 Å². The highest BCUT2D eigenvalue weighted by molar-refractivity contribution is 8.00. The SMILES string of the molecule is Cc1ccc(N2C(=O)CS[C@@H]2c2ccccc2NC(=O)CC(C)(C)C)cc1. The maximum Gasteiger partial charge on any atom is 0.238 e. The molecule has 5 heteroatoms. The molecule has 1 N–H and O–H groups in total. The second kappa shape index (κ2) is 7.77. The van der Waals surface area contributed by atoms with E-state index in [2.05, 4.69) is 5.32 Å². The zero-order valence-corrected chi connectivity index (χ0v) is 17.1. The Morgan fingerprint density at radius 1 is 1.15 bits per heavy atom. The molecule has 0 aromatic heterocycles. The summed E-state index contributed by atoms with van der Waals surface area (Å²) in [7, 11) is 0. The Kier molecular flexibility index (Phi) is 5.61. The summed E-state index contributed by atoms with van der Waals surface area (Å²) in [5, 5.41) is 2.90. The number of hydrogen-bond acceptors (Lipinski definition) is 3. The second-order valence-corrected chi connectivity index (χ2v) is 9.20. The van der Waals surface area contributed by atoms with Gasteiger partial charge in [0, 0.05) is 23.4 Å². The maximum atomic E-state index is 12.6. The van der Waals surface area contributed by atoms with E-state index < -0.39 is 0 Å². The number of aryl methyl sites for hydroxylation is 1. The molecule has 2 aromatic rings. The number of amides is 2. The van der Waals surface area contributed by atoms with Gasteiger partial charge in [-0.05, 0) is 30.5 Å². The molecule has 3 rings (SSSR count). The molecule has 1 fully saturated rings. The second-order valence-electron chi connectivity index (χ2n) is 8.14. The molecule has 2 aromatic carbocycles. The van der Waals surface area contributed by atoms with Gasteiger partial charge in [-0.2, -0.15) is 0 Å². The van der Waals surface area contributed by atoms with Crippen molar-refractivity contribution in [3.63, 3.8) is 0 Å². The topological polar surface area (TPSA) is 49.4 Å². The number of benzene rings is 2. The first-order valence-electron chi connectivity index (χ1n) is 9.14. The first-order chi connectivity index (χ1) is 12.7. The van der Waals surface area contributed by atoms with E-state index in [0.29, 0.717) is 12.2 Å². The monoisotopic (exact) mass is 382 g/mol. The summed E-state index contributed by atoms with van der Waals surface area (Å²) in [4.78, 5) is 26.9. The predicted molar refractivity (Wildman–Crippen MR) is 113 cm³/mol. The van der Waals surface area contributed by atoms with Crippen LogP contribution in [-0.2, 0) is 9.59 Å². The highest BCUT2D eigenvalue weighted by atomic mass is 32.2. The number of rotatable bonds is 4. The third-order valence-electron chi connectivity index (χ3n) is 4.37. The maximum absolute atomic E-state index is 12.6. The molecule has 0 spiro atoms. The minimum absolute atomic E-state index is 0.00819. The molecule has 142 valence electrons. The van der Waals surface area contributed by atoms with Gasteiger partial charge in [0.05, 0.1) is 5.75 Å². The van der Waals surface area contributed by atoms with E-state index in [1.807, 2.05) is 81.1 Å². The number of anilines is 2. The zero-order valence-electron chi connectivity index (χ0n) is 16.3. The molecule has 1 heterocycles. The third-order valence-corrected chi connectivity index (χ3v) is 5.57. The molecule has 1 atom stereocenters. The van der Waals surface area contributed by atoms with Crippen molar-refractivity contribution in [2.45, 2.75) is 39.5 Å². The minimum atomic E-state index is -0.147. The number of carbonyl (C=O) groups excluding carboxylic acids is 2. The zero-order chi connectivity index (χ0) is 19.6. The Labute approximate surface area is 165 Å². The van der Waals surface area contributed by atoms with Gasteiger partial charge in [0.1, 0.15) is 5.37 Å². The lowest BCUT2D eigenvalue weighted by molar-refractivity contribution is -0.118. The normalized spacial score (nSPS) is 17.3. The number of thioether (sulfide) groups is 1. The quantitative estimate of drug-likeness (QED) is 0.796. The predicted octanol–water partition coefficient (Wildman–Crippen LogP) is 5.15.